The smallest absolute Gasteiger partial charge is 0.0603 e. The molecule has 0 spiro atoms. The van der Waals surface area contributed by atoms with Gasteiger partial charge in [-0.1, -0.05) is 5.92 Å². The van der Waals surface area contributed by atoms with Gasteiger partial charge in [0.25, 0.3) is 0 Å². The molecule has 1 aromatic rings. The lowest BCUT2D eigenvalue weighted by Crippen LogP contribution is -2.33. The highest BCUT2D eigenvalue weighted by Gasteiger charge is 2.14. The topological polar surface area (TPSA) is 21.1 Å². The second-order valence-electron chi connectivity index (χ2n) is 2.96. The zero-order valence-corrected chi connectivity index (χ0v) is 6.90. The number of nitrogens with zero attached hydrogens (tertiary/aromatic N) is 3. The molecule has 0 bridgehead atoms. The van der Waals surface area contributed by atoms with Crippen molar-refractivity contribution in [1.29, 1.82) is 0 Å². The number of hydrogen-bond donors (Lipinski definition) is 0. The third kappa shape index (κ3) is 1.21. The number of fused-ring (bicyclic) bond motifs is 1. The molecule has 1 aliphatic rings. The van der Waals surface area contributed by atoms with Crippen LogP contribution in [0, 0.1) is 12.3 Å². The van der Waals surface area contributed by atoms with Crippen LogP contribution < -0.4 is 0 Å². The van der Waals surface area contributed by atoms with Gasteiger partial charge in [-0.2, -0.15) is 5.10 Å². The van der Waals surface area contributed by atoms with E-state index in [1.807, 2.05) is 16.9 Å². The highest BCUT2D eigenvalue weighted by atomic mass is 15.3. The van der Waals surface area contributed by atoms with E-state index < -0.39 is 0 Å². The predicted molar refractivity (Wildman–Crippen MR) is 46.3 cm³/mol. The molecule has 62 valence electrons. The van der Waals surface area contributed by atoms with Crippen molar-refractivity contribution in [2.75, 3.05) is 13.1 Å². The standard InChI is InChI=1S/C9H11N3/c1-2-5-11-6-7-12-9(8-11)3-4-10-12/h1,3-4H,5-8H2. The predicted octanol–water partition coefficient (Wildman–Crippen LogP) is 0.332. The van der Waals surface area contributed by atoms with Gasteiger partial charge in [0.2, 0.25) is 0 Å². The molecule has 0 atom stereocenters. The second kappa shape index (κ2) is 3.00. The monoisotopic (exact) mass is 161 g/mol. The maximum Gasteiger partial charge on any atom is 0.0603 e. The Hall–Kier alpha value is -1.27. The summed E-state index contributed by atoms with van der Waals surface area (Å²) in [7, 11) is 0. The Balaban J connectivity index is 2.11. The van der Waals surface area contributed by atoms with Crippen LogP contribution in [0.4, 0.5) is 0 Å². The van der Waals surface area contributed by atoms with E-state index in [1.54, 1.807) is 0 Å². The summed E-state index contributed by atoms with van der Waals surface area (Å²) in [4.78, 5) is 2.25. The van der Waals surface area contributed by atoms with Gasteiger partial charge in [0.1, 0.15) is 0 Å². The van der Waals surface area contributed by atoms with Crippen molar-refractivity contribution < 1.29 is 0 Å². The van der Waals surface area contributed by atoms with Crippen molar-refractivity contribution in [3.8, 4) is 12.3 Å². The summed E-state index contributed by atoms with van der Waals surface area (Å²) in [6.07, 6.45) is 7.08. The zero-order chi connectivity index (χ0) is 8.39. The Morgan fingerprint density at radius 2 is 2.50 bits per heavy atom. The maximum atomic E-state index is 5.24. The van der Waals surface area contributed by atoms with Gasteiger partial charge in [-0.15, -0.1) is 6.42 Å². The van der Waals surface area contributed by atoms with Gasteiger partial charge in [-0.25, -0.2) is 0 Å². The molecule has 0 aromatic carbocycles. The molecule has 0 unspecified atom stereocenters. The molecule has 1 aromatic heterocycles. The largest absolute Gasteiger partial charge is 0.285 e. The summed E-state index contributed by atoms with van der Waals surface area (Å²) in [6.45, 7) is 3.65. The number of hydrogen-bond acceptors (Lipinski definition) is 2. The molecule has 0 saturated heterocycles. The van der Waals surface area contributed by atoms with Crippen molar-refractivity contribution in [2.45, 2.75) is 13.1 Å². The first-order chi connectivity index (χ1) is 5.90. The van der Waals surface area contributed by atoms with Crippen LogP contribution in [0.25, 0.3) is 0 Å². The SMILES string of the molecule is C#CCN1CCn2nccc2C1. The minimum absolute atomic E-state index is 0.741. The van der Waals surface area contributed by atoms with Gasteiger partial charge < -0.3 is 0 Å². The molecule has 0 saturated carbocycles. The van der Waals surface area contributed by atoms with Crippen LogP contribution in [0.15, 0.2) is 12.3 Å². The van der Waals surface area contributed by atoms with E-state index in [1.165, 1.54) is 5.69 Å². The molecule has 2 heterocycles. The molecule has 0 aliphatic carbocycles. The Kier molecular flexibility index (Phi) is 1.84. The van der Waals surface area contributed by atoms with Crippen molar-refractivity contribution in [1.82, 2.24) is 14.7 Å². The molecule has 1 aliphatic heterocycles. The van der Waals surface area contributed by atoms with Gasteiger partial charge >= 0.3 is 0 Å². The van der Waals surface area contributed by atoms with Crippen LogP contribution in [0.1, 0.15) is 5.69 Å². The van der Waals surface area contributed by atoms with Crippen molar-refractivity contribution in [3.63, 3.8) is 0 Å². The fourth-order valence-corrected chi connectivity index (χ4v) is 1.50. The molecule has 0 amide bonds. The van der Waals surface area contributed by atoms with Gasteiger partial charge in [-0.3, -0.25) is 9.58 Å². The molecule has 0 fully saturated rings. The van der Waals surface area contributed by atoms with E-state index in [4.69, 9.17) is 6.42 Å². The number of aromatic nitrogens is 2. The van der Waals surface area contributed by atoms with Crippen molar-refractivity contribution >= 4 is 0 Å². The zero-order valence-electron chi connectivity index (χ0n) is 6.90. The Labute approximate surface area is 72.0 Å². The highest BCUT2D eigenvalue weighted by Crippen LogP contribution is 2.09. The first-order valence-corrected chi connectivity index (χ1v) is 4.06. The maximum absolute atomic E-state index is 5.24. The van der Waals surface area contributed by atoms with E-state index in [0.717, 1.165) is 26.2 Å². The molecule has 3 heteroatoms. The lowest BCUT2D eigenvalue weighted by atomic mass is 10.3. The molecular weight excluding hydrogens is 150 g/mol. The van der Waals surface area contributed by atoms with E-state index >= 15 is 0 Å². The van der Waals surface area contributed by atoms with Crippen LogP contribution in [0.3, 0.4) is 0 Å². The fraction of sp³-hybridized carbons (Fsp3) is 0.444. The highest BCUT2D eigenvalue weighted by molar-refractivity contribution is 5.03. The van der Waals surface area contributed by atoms with Crippen LogP contribution in [-0.4, -0.2) is 27.8 Å². The summed E-state index contributed by atoms with van der Waals surface area (Å²) in [5.41, 5.74) is 1.26. The molecule has 0 N–H and O–H groups in total. The first-order valence-electron chi connectivity index (χ1n) is 4.06. The molecule has 0 radical (unpaired) electrons. The van der Waals surface area contributed by atoms with E-state index in [2.05, 4.69) is 15.9 Å². The first kappa shape index (κ1) is 7.38. The van der Waals surface area contributed by atoms with Crippen LogP contribution in [-0.2, 0) is 13.1 Å². The van der Waals surface area contributed by atoms with Crippen LogP contribution in [0.5, 0.6) is 0 Å². The Bertz CT molecular complexity index is 308. The minimum atomic E-state index is 0.741. The lowest BCUT2D eigenvalue weighted by Gasteiger charge is -2.25. The summed E-state index contributed by atoms with van der Waals surface area (Å²) in [5.74, 6) is 2.66. The summed E-state index contributed by atoms with van der Waals surface area (Å²) in [5, 5.41) is 4.19. The average molecular weight is 161 g/mol. The fourth-order valence-electron chi connectivity index (χ4n) is 1.50. The van der Waals surface area contributed by atoms with Gasteiger partial charge in [-0.05, 0) is 6.07 Å². The minimum Gasteiger partial charge on any atom is -0.285 e. The van der Waals surface area contributed by atoms with Crippen LogP contribution >= 0.6 is 0 Å². The Morgan fingerprint density at radius 3 is 3.33 bits per heavy atom. The van der Waals surface area contributed by atoms with Crippen molar-refractivity contribution in [3.05, 3.63) is 18.0 Å². The normalized spacial score (nSPS) is 16.9. The van der Waals surface area contributed by atoms with Gasteiger partial charge in [0, 0.05) is 19.3 Å². The molecular formula is C9H11N3. The Morgan fingerprint density at radius 1 is 1.58 bits per heavy atom. The second-order valence-corrected chi connectivity index (χ2v) is 2.96. The lowest BCUT2D eigenvalue weighted by molar-refractivity contribution is 0.238. The van der Waals surface area contributed by atoms with E-state index in [-0.39, 0.29) is 0 Å². The summed E-state index contributed by atoms with van der Waals surface area (Å²) in [6, 6.07) is 2.04. The third-order valence-corrected chi connectivity index (χ3v) is 2.13. The van der Waals surface area contributed by atoms with Crippen molar-refractivity contribution in [2.24, 2.45) is 0 Å². The average Bonchev–Trinajstić information content (AvgIpc) is 2.51. The third-order valence-electron chi connectivity index (χ3n) is 2.13. The number of rotatable bonds is 1. The van der Waals surface area contributed by atoms with E-state index in [0.29, 0.717) is 0 Å². The van der Waals surface area contributed by atoms with E-state index in [9.17, 15) is 0 Å². The molecule has 3 nitrogen and oxygen atoms in total. The van der Waals surface area contributed by atoms with Crippen LogP contribution in [0.2, 0.25) is 0 Å². The summed E-state index contributed by atoms with van der Waals surface area (Å²) >= 11 is 0. The molecule has 2 rings (SSSR count). The summed E-state index contributed by atoms with van der Waals surface area (Å²) < 4.78 is 2.03. The van der Waals surface area contributed by atoms with Gasteiger partial charge in [0.15, 0.2) is 0 Å². The number of terminal acetylenes is 1. The molecule has 12 heavy (non-hydrogen) atoms. The van der Waals surface area contributed by atoms with Gasteiger partial charge in [0.05, 0.1) is 18.8 Å². The quantitative estimate of drug-likeness (QED) is 0.553.